The van der Waals surface area contributed by atoms with Gasteiger partial charge < -0.3 is 19.5 Å². The third kappa shape index (κ3) is 5.78. The second-order valence-electron chi connectivity index (χ2n) is 5.89. The van der Waals surface area contributed by atoms with Crippen LogP contribution in [0.2, 0.25) is 0 Å². The Balaban J connectivity index is 2.35. The molecule has 2 aromatic rings. The highest BCUT2D eigenvalue weighted by Crippen LogP contribution is 2.30. The van der Waals surface area contributed by atoms with Crippen LogP contribution in [0.5, 0.6) is 11.5 Å². The van der Waals surface area contributed by atoms with Crippen LogP contribution in [0, 0.1) is 11.3 Å². The monoisotopic (exact) mass is 380 g/mol. The minimum absolute atomic E-state index is 0.449. The summed E-state index contributed by atoms with van der Waals surface area (Å²) >= 11 is 0. The lowest BCUT2D eigenvalue weighted by Gasteiger charge is -2.20. The minimum Gasteiger partial charge on any atom is -0.494 e. The van der Waals surface area contributed by atoms with E-state index in [4.69, 9.17) is 19.5 Å². The number of nitrogens with zero attached hydrogens (tertiary/aromatic N) is 1. The SMILES string of the molecule is C=CCCOc1cc(OCC)cc(C(Nc2ccc(C#N)cc2)C(=O)OC)c1. The second-order valence-corrected chi connectivity index (χ2v) is 5.89. The summed E-state index contributed by atoms with van der Waals surface area (Å²) in [6, 6.07) is 13.5. The van der Waals surface area contributed by atoms with Gasteiger partial charge in [0.25, 0.3) is 0 Å². The zero-order chi connectivity index (χ0) is 20.4. The quantitative estimate of drug-likeness (QED) is 0.377. The number of rotatable bonds is 10. The van der Waals surface area contributed by atoms with E-state index >= 15 is 0 Å². The van der Waals surface area contributed by atoms with Crippen molar-refractivity contribution >= 4 is 11.7 Å². The molecule has 28 heavy (non-hydrogen) atoms. The van der Waals surface area contributed by atoms with Crippen molar-refractivity contribution < 1.29 is 19.0 Å². The number of methoxy groups -OCH3 is 1. The molecule has 0 spiro atoms. The van der Waals surface area contributed by atoms with E-state index in [1.165, 1.54) is 7.11 Å². The lowest BCUT2D eigenvalue weighted by molar-refractivity contribution is -0.141. The maximum absolute atomic E-state index is 12.4. The van der Waals surface area contributed by atoms with E-state index in [9.17, 15) is 4.79 Å². The third-order valence-electron chi connectivity index (χ3n) is 3.90. The molecule has 0 amide bonds. The second kappa shape index (κ2) is 10.6. The van der Waals surface area contributed by atoms with Gasteiger partial charge in [-0.1, -0.05) is 6.08 Å². The lowest BCUT2D eigenvalue weighted by atomic mass is 10.1. The molecule has 1 unspecified atom stereocenters. The third-order valence-corrected chi connectivity index (χ3v) is 3.90. The van der Waals surface area contributed by atoms with Crippen molar-refractivity contribution in [2.75, 3.05) is 25.6 Å². The molecular formula is C22H24N2O4. The predicted molar refractivity (Wildman–Crippen MR) is 107 cm³/mol. The fourth-order valence-corrected chi connectivity index (χ4v) is 2.56. The molecule has 1 atom stereocenters. The number of nitrogens with one attached hydrogen (secondary N) is 1. The number of hydrogen-bond donors (Lipinski definition) is 1. The van der Waals surface area contributed by atoms with Gasteiger partial charge in [0.1, 0.15) is 11.5 Å². The highest BCUT2D eigenvalue weighted by Gasteiger charge is 2.23. The molecule has 6 nitrogen and oxygen atoms in total. The Morgan fingerprint density at radius 2 is 1.89 bits per heavy atom. The van der Waals surface area contributed by atoms with Gasteiger partial charge in [-0.05, 0) is 55.3 Å². The van der Waals surface area contributed by atoms with E-state index in [0.29, 0.717) is 47.9 Å². The standard InChI is InChI=1S/C22H24N2O4/c1-4-6-11-28-20-13-17(12-19(14-20)27-5-2)21(22(25)26-3)24-18-9-7-16(15-23)8-10-18/h4,7-10,12-14,21,24H,1,5-6,11H2,2-3H3. The number of carbonyl (C=O) groups excluding carboxylic acids is 1. The smallest absolute Gasteiger partial charge is 0.332 e. The molecular weight excluding hydrogens is 356 g/mol. The van der Waals surface area contributed by atoms with E-state index in [2.05, 4.69) is 18.0 Å². The zero-order valence-corrected chi connectivity index (χ0v) is 16.1. The van der Waals surface area contributed by atoms with Crippen molar-refractivity contribution in [3.63, 3.8) is 0 Å². The molecule has 6 heteroatoms. The number of ether oxygens (including phenoxy) is 3. The van der Waals surface area contributed by atoms with Crippen molar-refractivity contribution in [3.05, 3.63) is 66.2 Å². The first-order valence-corrected chi connectivity index (χ1v) is 8.97. The summed E-state index contributed by atoms with van der Waals surface area (Å²) in [6.45, 7) is 6.53. The first-order valence-electron chi connectivity index (χ1n) is 8.97. The first kappa shape index (κ1) is 20.8. The Morgan fingerprint density at radius 3 is 2.46 bits per heavy atom. The van der Waals surface area contributed by atoms with Gasteiger partial charge in [-0.2, -0.15) is 5.26 Å². The van der Waals surface area contributed by atoms with E-state index in [-0.39, 0.29) is 0 Å². The van der Waals surface area contributed by atoms with Crippen LogP contribution in [0.1, 0.15) is 30.5 Å². The fraction of sp³-hybridized carbons (Fsp3) is 0.273. The molecule has 0 saturated heterocycles. The average molecular weight is 380 g/mol. The highest BCUT2D eigenvalue weighted by molar-refractivity contribution is 5.81. The molecule has 2 rings (SSSR count). The number of esters is 1. The van der Waals surface area contributed by atoms with Crippen molar-refractivity contribution in [3.8, 4) is 17.6 Å². The predicted octanol–water partition coefficient (Wildman–Crippen LogP) is 4.24. The molecule has 0 aromatic heterocycles. The average Bonchev–Trinajstić information content (AvgIpc) is 2.72. The van der Waals surface area contributed by atoms with Crippen molar-refractivity contribution in [1.82, 2.24) is 0 Å². The van der Waals surface area contributed by atoms with E-state index < -0.39 is 12.0 Å². The van der Waals surface area contributed by atoms with Gasteiger partial charge in [0.05, 0.1) is 32.0 Å². The van der Waals surface area contributed by atoms with Gasteiger partial charge in [-0.3, -0.25) is 0 Å². The van der Waals surface area contributed by atoms with Gasteiger partial charge in [0.2, 0.25) is 0 Å². The van der Waals surface area contributed by atoms with Gasteiger partial charge in [-0.15, -0.1) is 6.58 Å². The Labute approximate surface area is 165 Å². The number of benzene rings is 2. The van der Waals surface area contributed by atoms with Crippen LogP contribution in [0.15, 0.2) is 55.1 Å². The van der Waals surface area contributed by atoms with E-state index in [1.807, 2.05) is 6.92 Å². The summed E-state index contributed by atoms with van der Waals surface area (Å²) < 4.78 is 16.3. The number of nitriles is 1. The number of carbonyl (C=O) groups is 1. The normalized spacial score (nSPS) is 11.0. The Hall–Kier alpha value is -3.46. The van der Waals surface area contributed by atoms with Crippen LogP contribution in [-0.4, -0.2) is 26.3 Å². The van der Waals surface area contributed by atoms with Crippen molar-refractivity contribution in [2.24, 2.45) is 0 Å². The summed E-state index contributed by atoms with van der Waals surface area (Å²) in [4.78, 5) is 12.4. The summed E-state index contributed by atoms with van der Waals surface area (Å²) in [5.74, 6) is 0.748. The number of anilines is 1. The summed E-state index contributed by atoms with van der Waals surface area (Å²) in [7, 11) is 1.34. The van der Waals surface area contributed by atoms with Crippen molar-refractivity contribution in [2.45, 2.75) is 19.4 Å². The fourth-order valence-electron chi connectivity index (χ4n) is 2.56. The zero-order valence-electron chi connectivity index (χ0n) is 16.1. The number of hydrogen-bond acceptors (Lipinski definition) is 6. The van der Waals surface area contributed by atoms with Crippen LogP contribution < -0.4 is 14.8 Å². The van der Waals surface area contributed by atoms with Crippen LogP contribution in [0.3, 0.4) is 0 Å². The lowest BCUT2D eigenvalue weighted by Crippen LogP contribution is -2.22. The summed E-state index contributed by atoms with van der Waals surface area (Å²) in [5, 5.41) is 12.1. The molecule has 0 aliphatic carbocycles. The maximum atomic E-state index is 12.4. The molecule has 2 aromatic carbocycles. The van der Waals surface area contributed by atoms with Crippen LogP contribution in [-0.2, 0) is 9.53 Å². The summed E-state index contributed by atoms with van der Waals surface area (Å²) in [6.07, 6.45) is 2.48. The molecule has 1 N–H and O–H groups in total. The van der Waals surface area contributed by atoms with Crippen LogP contribution in [0.25, 0.3) is 0 Å². The molecule has 0 bridgehead atoms. The van der Waals surface area contributed by atoms with Gasteiger partial charge in [0.15, 0.2) is 6.04 Å². The van der Waals surface area contributed by atoms with Gasteiger partial charge >= 0.3 is 5.97 Å². The van der Waals surface area contributed by atoms with Crippen LogP contribution in [0.4, 0.5) is 5.69 Å². The largest absolute Gasteiger partial charge is 0.494 e. The topological polar surface area (TPSA) is 80.6 Å². The maximum Gasteiger partial charge on any atom is 0.332 e. The molecule has 0 aliphatic heterocycles. The molecule has 0 radical (unpaired) electrons. The Morgan fingerprint density at radius 1 is 1.21 bits per heavy atom. The van der Waals surface area contributed by atoms with Crippen molar-refractivity contribution in [1.29, 1.82) is 5.26 Å². The Bertz CT molecular complexity index is 841. The van der Waals surface area contributed by atoms with Gasteiger partial charge in [-0.25, -0.2) is 4.79 Å². The molecule has 0 heterocycles. The molecule has 0 aliphatic rings. The van der Waals surface area contributed by atoms with Crippen LogP contribution >= 0.6 is 0 Å². The van der Waals surface area contributed by atoms with Gasteiger partial charge in [0, 0.05) is 11.8 Å². The molecule has 0 saturated carbocycles. The first-order chi connectivity index (χ1) is 13.6. The highest BCUT2D eigenvalue weighted by atomic mass is 16.5. The molecule has 146 valence electrons. The minimum atomic E-state index is -0.764. The Kier molecular flexibility index (Phi) is 7.92. The molecule has 0 fully saturated rings. The summed E-state index contributed by atoms with van der Waals surface area (Å²) in [5.41, 5.74) is 1.87. The van der Waals surface area contributed by atoms with E-state index in [0.717, 1.165) is 0 Å². The van der Waals surface area contributed by atoms with E-state index in [1.54, 1.807) is 48.5 Å².